The van der Waals surface area contributed by atoms with Crippen LogP contribution in [0, 0.1) is 5.41 Å². The third-order valence-corrected chi connectivity index (χ3v) is 4.42. The van der Waals surface area contributed by atoms with Gasteiger partial charge in [0.15, 0.2) is 5.17 Å². The van der Waals surface area contributed by atoms with Crippen molar-refractivity contribution >= 4 is 24.8 Å². The molecule has 6 nitrogen and oxygen atoms in total. The molecule has 0 saturated carbocycles. The summed E-state index contributed by atoms with van der Waals surface area (Å²) in [6.07, 6.45) is 4.51. The van der Waals surface area contributed by atoms with Gasteiger partial charge in [-0.15, -0.1) is 0 Å². The lowest BCUT2D eigenvalue weighted by Crippen LogP contribution is -2.08. The van der Waals surface area contributed by atoms with Gasteiger partial charge in [0.1, 0.15) is 0 Å². The number of hydrogen-bond acceptors (Lipinski definition) is 5. The minimum absolute atomic E-state index is 0.222. The number of thioether (sulfide) groups is 1. The highest BCUT2D eigenvalue weighted by molar-refractivity contribution is 8.14. The number of unbranched alkanes of at least 4 members (excludes halogenated alkanes) is 2. The Balaban J connectivity index is 0. The second-order valence-electron chi connectivity index (χ2n) is 4.54. The minimum atomic E-state index is -3.75. The first-order chi connectivity index (χ1) is 9.79. The predicted octanol–water partition coefficient (Wildman–Crippen LogP) is 4.13. The van der Waals surface area contributed by atoms with Gasteiger partial charge in [-0.1, -0.05) is 52.3 Å². The van der Waals surface area contributed by atoms with Crippen LogP contribution in [0.3, 0.4) is 0 Å². The van der Waals surface area contributed by atoms with Crippen LogP contribution in [0.5, 0.6) is 0 Å². The summed E-state index contributed by atoms with van der Waals surface area (Å²) >= 11 is 1.42. The topological polar surface area (TPSA) is 106 Å². The predicted molar refractivity (Wildman–Crippen MR) is 90.8 cm³/mol. The van der Waals surface area contributed by atoms with Gasteiger partial charge in [-0.2, -0.15) is 0 Å². The Hall–Kier alpha value is -0.0700. The number of rotatable bonds is 10. The van der Waals surface area contributed by atoms with Crippen LogP contribution in [0.1, 0.15) is 59.8 Å². The molecule has 4 N–H and O–H groups in total. The van der Waals surface area contributed by atoms with Crippen molar-refractivity contribution in [3.63, 3.8) is 0 Å². The van der Waals surface area contributed by atoms with Crippen molar-refractivity contribution in [2.75, 3.05) is 13.2 Å². The lowest BCUT2D eigenvalue weighted by Gasteiger charge is -2.10. The summed E-state index contributed by atoms with van der Waals surface area (Å²) in [4.78, 5) is 9.08. The second kappa shape index (κ2) is 14.9. The molecule has 0 spiro atoms. The molecule has 0 fully saturated rings. The molecule has 0 saturated heterocycles. The van der Waals surface area contributed by atoms with Gasteiger partial charge in [0.2, 0.25) is 0 Å². The molecule has 0 aromatic heterocycles. The standard InChI is InChI=1S/C8H19O4P.C5H12N2S/c1-3-5-7-11-13(9,10)12-8-6-4-2;1-3-4(2)8-5(6)7/h3-8H2,1-2H3,(H,9,10);4H,3H2,1-2H3,(H3,6,7). The third-order valence-electron chi connectivity index (χ3n) is 2.41. The average molecular weight is 342 g/mol. The van der Waals surface area contributed by atoms with Crippen LogP contribution in [-0.4, -0.2) is 28.5 Å². The first-order valence-corrected chi connectivity index (χ1v) is 9.79. The quantitative estimate of drug-likeness (QED) is 0.238. The zero-order valence-electron chi connectivity index (χ0n) is 13.6. The Morgan fingerprint density at radius 3 is 1.90 bits per heavy atom. The summed E-state index contributed by atoms with van der Waals surface area (Å²) < 4.78 is 20.5. The van der Waals surface area contributed by atoms with Crippen molar-refractivity contribution in [2.45, 2.75) is 65.0 Å². The molecule has 21 heavy (non-hydrogen) atoms. The number of phosphoric ester groups is 1. The van der Waals surface area contributed by atoms with Crippen molar-refractivity contribution < 1.29 is 18.5 Å². The average Bonchev–Trinajstić information content (AvgIpc) is 2.39. The van der Waals surface area contributed by atoms with E-state index in [0.29, 0.717) is 5.25 Å². The normalized spacial score (nSPS) is 12.4. The fourth-order valence-electron chi connectivity index (χ4n) is 0.986. The molecule has 0 aliphatic carbocycles. The molecule has 128 valence electrons. The van der Waals surface area contributed by atoms with Gasteiger partial charge >= 0.3 is 7.82 Å². The molecule has 0 amide bonds. The Kier molecular flexibility index (Phi) is 16.4. The molecule has 0 aliphatic rings. The maximum atomic E-state index is 11.1. The molecule has 0 heterocycles. The van der Waals surface area contributed by atoms with Gasteiger partial charge in [0.05, 0.1) is 13.2 Å². The van der Waals surface area contributed by atoms with E-state index >= 15 is 0 Å². The Labute approximate surface area is 133 Å². The van der Waals surface area contributed by atoms with Gasteiger partial charge in [-0.3, -0.25) is 14.5 Å². The molecular formula is C13H31N2O4PS. The van der Waals surface area contributed by atoms with Crippen molar-refractivity contribution in [1.29, 1.82) is 5.41 Å². The molecule has 1 atom stereocenters. The van der Waals surface area contributed by atoms with E-state index in [1.54, 1.807) is 0 Å². The monoisotopic (exact) mass is 342 g/mol. The van der Waals surface area contributed by atoms with E-state index in [1.165, 1.54) is 11.8 Å². The van der Waals surface area contributed by atoms with E-state index in [2.05, 4.69) is 13.8 Å². The zero-order chi connectivity index (χ0) is 16.7. The highest BCUT2D eigenvalue weighted by Gasteiger charge is 2.19. The van der Waals surface area contributed by atoms with Crippen LogP contribution in [0.4, 0.5) is 0 Å². The van der Waals surface area contributed by atoms with Crippen LogP contribution in [0.15, 0.2) is 0 Å². The lowest BCUT2D eigenvalue weighted by atomic mass is 10.4. The Bertz CT molecular complexity index is 292. The summed E-state index contributed by atoms with van der Waals surface area (Å²) in [6.45, 7) is 8.70. The summed E-state index contributed by atoms with van der Waals surface area (Å²) in [5.74, 6) is 0. The van der Waals surface area contributed by atoms with Crippen LogP contribution in [-0.2, 0) is 13.6 Å². The number of phosphoric acid groups is 1. The highest BCUT2D eigenvalue weighted by Crippen LogP contribution is 2.43. The molecule has 0 aromatic rings. The van der Waals surface area contributed by atoms with Gasteiger partial charge in [0, 0.05) is 5.25 Å². The van der Waals surface area contributed by atoms with E-state index in [1.807, 2.05) is 13.8 Å². The number of nitrogens with one attached hydrogen (secondary N) is 1. The highest BCUT2D eigenvalue weighted by atomic mass is 32.2. The zero-order valence-corrected chi connectivity index (χ0v) is 15.3. The van der Waals surface area contributed by atoms with Crippen molar-refractivity contribution in [3.8, 4) is 0 Å². The number of amidine groups is 1. The van der Waals surface area contributed by atoms with Crippen LogP contribution < -0.4 is 5.73 Å². The molecule has 0 aromatic carbocycles. The van der Waals surface area contributed by atoms with E-state index in [-0.39, 0.29) is 18.4 Å². The maximum Gasteiger partial charge on any atom is 0.472 e. The summed E-state index contributed by atoms with van der Waals surface area (Å²) in [5.41, 5.74) is 5.12. The maximum absolute atomic E-state index is 11.1. The van der Waals surface area contributed by atoms with Crippen molar-refractivity contribution in [2.24, 2.45) is 5.73 Å². The lowest BCUT2D eigenvalue weighted by molar-refractivity contribution is 0.146. The van der Waals surface area contributed by atoms with Crippen LogP contribution >= 0.6 is 19.6 Å². The largest absolute Gasteiger partial charge is 0.472 e. The van der Waals surface area contributed by atoms with Gasteiger partial charge in [-0.05, 0) is 19.3 Å². The minimum Gasteiger partial charge on any atom is -0.379 e. The van der Waals surface area contributed by atoms with Gasteiger partial charge in [0.25, 0.3) is 0 Å². The van der Waals surface area contributed by atoms with E-state index in [0.717, 1.165) is 32.1 Å². The molecular weight excluding hydrogens is 311 g/mol. The second-order valence-corrected chi connectivity index (χ2v) is 7.48. The molecule has 0 radical (unpaired) electrons. The number of hydrogen-bond donors (Lipinski definition) is 3. The van der Waals surface area contributed by atoms with E-state index in [4.69, 9.17) is 25.1 Å². The van der Waals surface area contributed by atoms with Gasteiger partial charge in [-0.25, -0.2) is 4.57 Å². The first kappa shape index (κ1) is 23.2. The summed E-state index contributed by atoms with van der Waals surface area (Å²) in [7, 11) is -3.75. The molecule has 0 bridgehead atoms. The summed E-state index contributed by atoms with van der Waals surface area (Å²) in [6, 6.07) is 0. The third kappa shape index (κ3) is 19.9. The Morgan fingerprint density at radius 1 is 1.24 bits per heavy atom. The van der Waals surface area contributed by atoms with E-state index < -0.39 is 7.82 Å². The fraction of sp³-hybridized carbons (Fsp3) is 0.923. The van der Waals surface area contributed by atoms with Crippen molar-refractivity contribution in [1.82, 2.24) is 0 Å². The van der Waals surface area contributed by atoms with Gasteiger partial charge < -0.3 is 10.6 Å². The van der Waals surface area contributed by atoms with E-state index in [9.17, 15) is 4.57 Å². The molecule has 0 rings (SSSR count). The summed E-state index contributed by atoms with van der Waals surface area (Å²) in [5, 5.41) is 7.58. The smallest absolute Gasteiger partial charge is 0.379 e. The Morgan fingerprint density at radius 2 is 1.67 bits per heavy atom. The van der Waals surface area contributed by atoms with Crippen LogP contribution in [0.2, 0.25) is 0 Å². The van der Waals surface area contributed by atoms with Crippen molar-refractivity contribution in [3.05, 3.63) is 0 Å². The van der Waals surface area contributed by atoms with Crippen LogP contribution in [0.25, 0.3) is 0 Å². The SMILES string of the molecule is CCC(C)SC(=N)N.CCCCOP(=O)(O)OCCCC. The molecule has 1 unspecified atom stereocenters. The number of nitrogens with two attached hydrogens (primary N) is 1. The fourth-order valence-corrected chi connectivity index (χ4v) is 2.38. The molecule has 0 aliphatic heterocycles. The first-order valence-electron chi connectivity index (χ1n) is 7.41. The molecule has 8 heteroatoms.